The molecule has 0 bridgehead atoms. The van der Waals surface area contributed by atoms with Gasteiger partial charge in [0.2, 0.25) is 0 Å². The molecule has 0 spiro atoms. The third-order valence-electron chi connectivity index (χ3n) is 5.82. The fourth-order valence-electron chi connectivity index (χ4n) is 3.68. The van der Waals surface area contributed by atoms with Gasteiger partial charge in [0.1, 0.15) is 17.2 Å². The van der Waals surface area contributed by atoms with Crippen molar-refractivity contribution >= 4 is 0 Å². The molecule has 28 heavy (non-hydrogen) atoms. The molecule has 0 aliphatic carbocycles. The molecule has 1 aromatic heterocycles. The summed E-state index contributed by atoms with van der Waals surface area (Å²) in [6, 6.07) is 10.1. The Labute approximate surface area is 166 Å². The van der Waals surface area contributed by atoms with E-state index in [9.17, 15) is 8.78 Å². The molecule has 0 saturated carbocycles. The summed E-state index contributed by atoms with van der Waals surface area (Å²) in [5.41, 5.74) is 0.419. The second-order valence-corrected chi connectivity index (χ2v) is 7.78. The van der Waals surface area contributed by atoms with E-state index in [1.165, 1.54) is 12.1 Å². The number of halogens is 2. The van der Waals surface area contributed by atoms with Crippen molar-refractivity contribution in [2.75, 3.05) is 26.2 Å². The van der Waals surface area contributed by atoms with Crippen LogP contribution in [0.5, 0.6) is 5.75 Å². The van der Waals surface area contributed by atoms with Gasteiger partial charge < -0.3 is 9.64 Å². The molecule has 2 aromatic rings. The van der Waals surface area contributed by atoms with Gasteiger partial charge >= 0.3 is 0 Å². The second-order valence-electron chi connectivity index (χ2n) is 7.78. The Balaban J connectivity index is 1.45. The molecule has 0 N–H and O–H groups in total. The summed E-state index contributed by atoms with van der Waals surface area (Å²) in [6.07, 6.45) is 4.89. The van der Waals surface area contributed by atoms with Crippen molar-refractivity contribution in [1.82, 2.24) is 9.88 Å². The van der Waals surface area contributed by atoms with Crippen LogP contribution in [0.3, 0.4) is 0 Å². The number of benzene rings is 1. The minimum absolute atomic E-state index is 0.270. The molecule has 1 aromatic carbocycles. The van der Waals surface area contributed by atoms with Gasteiger partial charge in [-0.2, -0.15) is 0 Å². The maximum atomic E-state index is 14.6. The van der Waals surface area contributed by atoms with Gasteiger partial charge in [0.15, 0.2) is 0 Å². The number of aromatic nitrogens is 1. The summed E-state index contributed by atoms with van der Waals surface area (Å²) in [7, 11) is 0. The van der Waals surface area contributed by atoms with Crippen LogP contribution in [0.1, 0.15) is 39.5 Å². The lowest BCUT2D eigenvalue weighted by Gasteiger charge is -2.36. The Bertz CT molecular complexity index is 739. The SMILES string of the molecule is CCC(F)(CC)CN1CCC(COc2ccc(-c3cccc(F)c3)nc2)CC1. The lowest BCUT2D eigenvalue weighted by atomic mass is 9.94. The first-order valence-electron chi connectivity index (χ1n) is 10.3. The quantitative estimate of drug-likeness (QED) is 0.596. The van der Waals surface area contributed by atoms with E-state index in [4.69, 9.17) is 4.74 Å². The van der Waals surface area contributed by atoms with Crippen molar-refractivity contribution in [3.05, 3.63) is 48.4 Å². The Hall–Kier alpha value is -2.01. The van der Waals surface area contributed by atoms with Gasteiger partial charge in [-0.05, 0) is 69.0 Å². The minimum atomic E-state index is -1.06. The largest absolute Gasteiger partial charge is 0.492 e. The van der Waals surface area contributed by atoms with Crippen LogP contribution in [-0.2, 0) is 0 Å². The van der Waals surface area contributed by atoms with Gasteiger partial charge in [0.25, 0.3) is 0 Å². The van der Waals surface area contributed by atoms with Gasteiger partial charge in [0, 0.05) is 12.1 Å². The standard InChI is InChI=1S/C23H30F2N2O/c1-3-23(25,4-2)17-27-12-10-18(11-13-27)16-28-21-8-9-22(26-15-21)19-6-5-7-20(24)14-19/h5-9,14-15,18H,3-4,10-13,16-17H2,1-2H3. The van der Waals surface area contributed by atoms with Crippen molar-refractivity contribution in [2.24, 2.45) is 5.92 Å². The Morgan fingerprint density at radius 3 is 2.50 bits per heavy atom. The van der Waals surface area contributed by atoms with Crippen LogP contribution < -0.4 is 4.74 Å². The molecule has 1 saturated heterocycles. The van der Waals surface area contributed by atoms with E-state index in [1.807, 2.05) is 32.0 Å². The van der Waals surface area contributed by atoms with Gasteiger partial charge in [-0.25, -0.2) is 8.78 Å². The van der Waals surface area contributed by atoms with Crippen molar-refractivity contribution < 1.29 is 13.5 Å². The molecule has 1 aliphatic heterocycles. The molecule has 1 fully saturated rings. The lowest BCUT2D eigenvalue weighted by Crippen LogP contribution is -2.44. The van der Waals surface area contributed by atoms with Crippen LogP contribution in [0.4, 0.5) is 8.78 Å². The number of rotatable bonds is 8. The van der Waals surface area contributed by atoms with Crippen molar-refractivity contribution in [3.8, 4) is 17.0 Å². The lowest BCUT2D eigenvalue weighted by molar-refractivity contribution is 0.0568. The van der Waals surface area contributed by atoms with Crippen molar-refractivity contribution in [1.29, 1.82) is 0 Å². The highest BCUT2D eigenvalue weighted by atomic mass is 19.1. The smallest absolute Gasteiger partial charge is 0.137 e. The van der Waals surface area contributed by atoms with Crippen LogP contribution >= 0.6 is 0 Å². The topological polar surface area (TPSA) is 25.4 Å². The molecule has 0 atom stereocenters. The summed E-state index contributed by atoms with van der Waals surface area (Å²) in [4.78, 5) is 6.63. The average Bonchev–Trinajstić information content (AvgIpc) is 2.73. The summed E-state index contributed by atoms with van der Waals surface area (Å²) in [6.45, 7) is 6.90. The average molecular weight is 389 g/mol. The van der Waals surface area contributed by atoms with E-state index >= 15 is 0 Å². The maximum Gasteiger partial charge on any atom is 0.137 e. The number of hydrogen-bond acceptors (Lipinski definition) is 3. The summed E-state index contributed by atoms with van der Waals surface area (Å²) in [5.74, 6) is 0.938. The zero-order valence-electron chi connectivity index (χ0n) is 16.8. The molecule has 0 amide bonds. The Kier molecular flexibility index (Phi) is 7.00. The summed E-state index contributed by atoms with van der Waals surface area (Å²) in [5, 5.41) is 0. The number of piperidine rings is 1. The van der Waals surface area contributed by atoms with Crippen molar-refractivity contribution in [3.63, 3.8) is 0 Å². The molecule has 3 rings (SSSR count). The van der Waals surface area contributed by atoms with E-state index in [0.29, 0.717) is 31.9 Å². The predicted octanol–water partition coefficient (Wildman–Crippen LogP) is 5.51. The summed E-state index contributed by atoms with van der Waals surface area (Å²) >= 11 is 0. The second kappa shape index (κ2) is 9.46. The molecular formula is C23H30F2N2O. The number of nitrogens with zero attached hydrogens (tertiary/aromatic N) is 2. The highest BCUT2D eigenvalue weighted by Gasteiger charge is 2.30. The highest BCUT2D eigenvalue weighted by Crippen LogP contribution is 2.26. The molecule has 5 heteroatoms. The molecule has 152 valence electrons. The Morgan fingerprint density at radius 1 is 1.14 bits per heavy atom. The van der Waals surface area contributed by atoms with E-state index in [1.54, 1.807) is 12.3 Å². The molecular weight excluding hydrogens is 358 g/mol. The zero-order valence-corrected chi connectivity index (χ0v) is 16.8. The third-order valence-corrected chi connectivity index (χ3v) is 5.82. The Morgan fingerprint density at radius 2 is 1.89 bits per heavy atom. The van der Waals surface area contributed by atoms with Crippen LogP contribution in [0.15, 0.2) is 42.6 Å². The van der Waals surface area contributed by atoms with Crippen LogP contribution in [0.2, 0.25) is 0 Å². The summed E-state index contributed by atoms with van der Waals surface area (Å²) < 4.78 is 33.8. The van der Waals surface area contributed by atoms with Crippen LogP contribution in [-0.4, -0.2) is 41.8 Å². The number of alkyl halides is 1. The maximum absolute atomic E-state index is 14.6. The van der Waals surface area contributed by atoms with Crippen molar-refractivity contribution in [2.45, 2.75) is 45.2 Å². The first-order chi connectivity index (χ1) is 13.5. The number of hydrogen-bond donors (Lipinski definition) is 0. The van der Waals surface area contributed by atoms with Crippen LogP contribution in [0, 0.1) is 11.7 Å². The van der Waals surface area contributed by atoms with Gasteiger partial charge in [-0.3, -0.25) is 4.98 Å². The number of ether oxygens (including phenoxy) is 1. The third kappa shape index (κ3) is 5.51. The normalized spacial score (nSPS) is 16.3. The van der Waals surface area contributed by atoms with E-state index < -0.39 is 5.67 Å². The van der Waals surface area contributed by atoms with E-state index in [-0.39, 0.29) is 5.82 Å². The fraction of sp³-hybridized carbons (Fsp3) is 0.522. The molecule has 0 radical (unpaired) electrons. The first kappa shape index (κ1) is 20.7. The first-order valence-corrected chi connectivity index (χ1v) is 10.3. The number of likely N-dealkylation sites (tertiary alicyclic amines) is 1. The molecule has 3 nitrogen and oxygen atoms in total. The van der Waals surface area contributed by atoms with E-state index in [0.717, 1.165) is 42.9 Å². The van der Waals surface area contributed by atoms with Crippen LogP contribution in [0.25, 0.3) is 11.3 Å². The monoisotopic (exact) mass is 388 g/mol. The highest BCUT2D eigenvalue weighted by molar-refractivity contribution is 5.59. The minimum Gasteiger partial charge on any atom is -0.492 e. The molecule has 1 aliphatic rings. The van der Waals surface area contributed by atoms with Gasteiger partial charge in [0.05, 0.1) is 18.5 Å². The van der Waals surface area contributed by atoms with E-state index in [2.05, 4.69) is 9.88 Å². The number of pyridine rings is 1. The molecule has 0 unspecified atom stereocenters. The zero-order chi connectivity index (χ0) is 20.0. The predicted molar refractivity (Wildman–Crippen MR) is 109 cm³/mol. The fourth-order valence-corrected chi connectivity index (χ4v) is 3.68. The van der Waals surface area contributed by atoms with Gasteiger partial charge in [-0.1, -0.05) is 26.0 Å². The molecule has 2 heterocycles. The van der Waals surface area contributed by atoms with Gasteiger partial charge in [-0.15, -0.1) is 0 Å².